The number of nitrogen functional groups attached to an aromatic ring is 1. The molecule has 0 bridgehead atoms. The number of carbonyl (C=O) groups is 1. The van der Waals surface area contributed by atoms with Gasteiger partial charge in [0, 0.05) is 23.9 Å². The molecule has 0 saturated carbocycles. The molecule has 1 heterocycles. The van der Waals surface area contributed by atoms with Crippen LogP contribution in [0.4, 0.5) is 15.3 Å². The van der Waals surface area contributed by atoms with E-state index in [-0.39, 0.29) is 18.9 Å². The molecule has 1 amide bonds. The monoisotopic (exact) mass is 320 g/mol. The predicted octanol–water partition coefficient (Wildman–Crippen LogP) is 1.88. The largest absolute Gasteiger partial charge is 0.397 e. The molecule has 1 aromatic carbocycles. The van der Waals surface area contributed by atoms with Crippen LogP contribution in [0.15, 0.2) is 12.1 Å². The molecule has 0 radical (unpaired) electrons. The molecule has 1 unspecified atom stereocenters. The summed E-state index contributed by atoms with van der Waals surface area (Å²) >= 11 is 6.01. The lowest BCUT2D eigenvalue weighted by Gasteiger charge is -2.19. The Bertz CT molecular complexity index is 663. The third-order valence-electron chi connectivity index (χ3n) is 3.24. The molecule has 1 saturated heterocycles. The van der Waals surface area contributed by atoms with Crippen molar-refractivity contribution in [3.8, 4) is 0 Å². The second kappa shape index (κ2) is 5.21. The van der Waals surface area contributed by atoms with Crippen LogP contribution >= 0.6 is 11.6 Å². The van der Waals surface area contributed by atoms with Crippen molar-refractivity contribution in [2.24, 2.45) is 5.92 Å². The van der Waals surface area contributed by atoms with Crippen molar-refractivity contribution in [1.29, 1.82) is 0 Å². The number of hydrogen-bond acceptors (Lipinski definition) is 4. The zero-order valence-electron chi connectivity index (χ0n) is 10.8. The minimum atomic E-state index is -4.60. The van der Waals surface area contributed by atoms with Gasteiger partial charge in [-0.3, -0.25) is 4.79 Å². The van der Waals surface area contributed by atoms with Crippen LogP contribution in [0.1, 0.15) is 12.0 Å². The van der Waals surface area contributed by atoms with Crippen LogP contribution < -0.4 is 10.6 Å². The van der Waals surface area contributed by atoms with Gasteiger partial charge in [-0.15, -0.1) is 3.89 Å². The topological polar surface area (TPSA) is 80.5 Å². The van der Waals surface area contributed by atoms with Crippen LogP contribution in [0.3, 0.4) is 0 Å². The number of aryl methyl sites for hydroxylation is 1. The molecule has 1 atom stereocenters. The van der Waals surface area contributed by atoms with Gasteiger partial charge in [-0.2, -0.15) is 8.42 Å². The molecule has 5 nitrogen and oxygen atoms in total. The third-order valence-corrected chi connectivity index (χ3v) is 4.52. The Morgan fingerprint density at radius 3 is 2.75 bits per heavy atom. The number of carbonyl (C=O) groups excluding carboxylic acids is 1. The maximum Gasteiger partial charge on any atom is 0.302 e. The lowest BCUT2D eigenvalue weighted by atomic mass is 10.1. The standard InChI is InChI=1S/C12H14ClFN2O3S/c1-7-2-10(15)11(4-9(7)13)16-5-8(3-12(16)17)6-20(14,18)19/h2,4,8H,3,5-6,15H2,1H3. The van der Waals surface area contributed by atoms with E-state index < -0.39 is 21.9 Å². The van der Waals surface area contributed by atoms with Gasteiger partial charge in [-0.05, 0) is 24.6 Å². The van der Waals surface area contributed by atoms with Gasteiger partial charge >= 0.3 is 10.2 Å². The third kappa shape index (κ3) is 3.21. The van der Waals surface area contributed by atoms with Gasteiger partial charge < -0.3 is 10.6 Å². The molecule has 1 aliphatic heterocycles. The molecule has 110 valence electrons. The predicted molar refractivity (Wildman–Crippen MR) is 76.0 cm³/mol. The molecule has 1 fully saturated rings. The van der Waals surface area contributed by atoms with Crippen molar-refractivity contribution in [3.63, 3.8) is 0 Å². The number of halogens is 2. The van der Waals surface area contributed by atoms with Crippen molar-refractivity contribution in [2.45, 2.75) is 13.3 Å². The first kappa shape index (κ1) is 15.1. The number of nitrogens with two attached hydrogens (primary N) is 1. The van der Waals surface area contributed by atoms with Crippen LogP contribution in [0.2, 0.25) is 5.02 Å². The Hall–Kier alpha value is -1.34. The Labute approximate surface area is 121 Å². The molecule has 0 spiro atoms. The molecule has 1 aliphatic rings. The maximum absolute atomic E-state index is 12.7. The fourth-order valence-corrected chi connectivity index (χ4v) is 3.28. The van der Waals surface area contributed by atoms with Gasteiger partial charge in [-0.1, -0.05) is 11.6 Å². The zero-order valence-corrected chi connectivity index (χ0v) is 12.3. The highest BCUT2D eigenvalue weighted by molar-refractivity contribution is 7.86. The first-order valence-electron chi connectivity index (χ1n) is 5.95. The summed E-state index contributed by atoms with van der Waals surface area (Å²) in [5.41, 5.74) is 7.45. The number of hydrogen-bond donors (Lipinski definition) is 1. The first-order valence-corrected chi connectivity index (χ1v) is 7.89. The van der Waals surface area contributed by atoms with E-state index in [1.807, 2.05) is 0 Å². The second-order valence-corrected chi connectivity index (χ2v) is 6.76. The quantitative estimate of drug-likeness (QED) is 0.681. The number of benzene rings is 1. The Morgan fingerprint density at radius 2 is 2.15 bits per heavy atom. The smallest absolute Gasteiger partial charge is 0.302 e. The SMILES string of the molecule is Cc1cc(N)c(N2CC(CS(=O)(=O)F)CC2=O)cc1Cl. The van der Waals surface area contributed by atoms with Gasteiger partial charge in [0.05, 0.1) is 17.1 Å². The van der Waals surface area contributed by atoms with Crippen molar-refractivity contribution in [1.82, 2.24) is 0 Å². The fraction of sp³-hybridized carbons (Fsp3) is 0.417. The second-order valence-electron chi connectivity index (χ2n) is 4.94. The first-order chi connectivity index (χ1) is 9.17. The zero-order chi connectivity index (χ0) is 15.1. The van der Waals surface area contributed by atoms with Gasteiger partial charge in [-0.25, -0.2) is 0 Å². The van der Waals surface area contributed by atoms with E-state index >= 15 is 0 Å². The summed E-state index contributed by atoms with van der Waals surface area (Å²) in [4.78, 5) is 13.3. The molecule has 8 heteroatoms. The fourth-order valence-electron chi connectivity index (χ4n) is 2.33. The van der Waals surface area contributed by atoms with Crippen molar-refractivity contribution >= 4 is 39.1 Å². The molecule has 0 aromatic heterocycles. The highest BCUT2D eigenvalue weighted by Gasteiger charge is 2.34. The Kier molecular flexibility index (Phi) is 3.93. The molecule has 2 rings (SSSR count). The summed E-state index contributed by atoms with van der Waals surface area (Å²) in [7, 11) is -4.60. The van der Waals surface area contributed by atoms with Crippen molar-refractivity contribution < 1.29 is 17.1 Å². The van der Waals surface area contributed by atoms with E-state index in [2.05, 4.69) is 0 Å². The van der Waals surface area contributed by atoms with Crippen LogP contribution in [-0.4, -0.2) is 26.6 Å². The summed E-state index contributed by atoms with van der Waals surface area (Å²) in [6, 6.07) is 3.21. The Balaban J connectivity index is 2.26. The highest BCUT2D eigenvalue weighted by Crippen LogP contribution is 2.34. The van der Waals surface area contributed by atoms with Gasteiger partial charge in [0.1, 0.15) is 0 Å². The van der Waals surface area contributed by atoms with E-state index in [9.17, 15) is 17.1 Å². The maximum atomic E-state index is 12.7. The minimum absolute atomic E-state index is 0.0198. The summed E-state index contributed by atoms with van der Waals surface area (Å²) < 4.78 is 34.0. The van der Waals surface area contributed by atoms with Gasteiger partial charge in [0.2, 0.25) is 5.91 Å². The van der Waals surface area contributed by atoms with Crippen LogP contribution in [0.25, 0.3) is 0 Å². The average Bonchev–Trinajstić information content (AvgIpc) is 2.62. The molecule has 1 aromatic rings. The average molecular weight is 321 g/mol. The van der Waals surface area contributed by atoms with Crippen molar-refractivity contribution in [2.75, 3.05) is 22.9 Å². The number of rotatable bonds is 3. The lowest BCUT2D eigenvalue weighted by Crippen LogP contribution is -2.26. The minimum Gasteiger partial charge on any atom is -0.397 e. The summed E-state index contributed by atoms with van der Waals surface area (Å²) in [5, 5.41) is 0.462. The van der Waals surface area contributed by atoms with Gasteiger partial charge in [0.25, 0.3) is 0 Å². The van der Waals surface area contributed by atoms with Crippen LogP contribution in [0, 0.1) is 12.8 Å². The number of amides is 1. The summed E-state index contributed by atoms with van der Waals surface area (Å²) in [6.07, 6.45) is -0.0198. The Morgan fingerprint density at radius 1 is 1.50 bits per heavy atom. The van der Waals surface area contributed by atoms with E-state index in [1.54, 1.807) is 19.1 Å². The van der Waals surface area contributed by atoms with Crippen LogP contribution in [-0.2, 0) is 15.0 Å². The molecule has 0 aliphatic carbocycles. The van der Waals surface area contributed by atoms with E-state index in [1.165, 1.54) is 4.90 Å². The molecule has 20 heavy (non-hydrogen) atoms. The van der Waals surface area contributed by atoms with E-state index in [4.69, 9.17) is 17.3 Å². The summed E-state index contributed by atoms with van der Waals surface area (Å²) in [6.45, 7) is 1.90. The lowest BCUT2D eigenvalue weighted by molar-refractivity contribution is -0.117. The highest BCUT2D eigenvalue weighted by atomic mass is 35.5. The molecular formula is C12H14ClFN2O3S. The van der Waals surface area contributed by atoms with Crippen molar-refractivity contribution in [3.05, 3.63) is 22.7 Å². The van der Waals surface area contributed by atoms with E-state index in [0.717, 1.165) is 5.56 Å². The number of anilines is 2. The normalized spacial score (nSPS) is 19.6. The molecular weight excluding hydrogens is 307 g/mol. The van der Waals surface area contributed by atoms with E-state index in [0.29, 0.717) is 16.4 Å². The van der Waals surface area contributed by atoms with Gasteiger partial charge in [0.15, 0.2) is 0 Å². The summed E-state index contributed by atoms with van der Waals surface area (Å²) in [5.74, 6) is -1.52. The number of nitrogens with zero attached hydrogens (tertiary/aromatic N) is 1. The van der Waals surface area contributed by atoms with Crippen LogP contribution in [0.5, 0.6) is 0 Å². The molecule has 2 N–H and O–H groups in total.